The third kappa shape index (κ3) is 2.52. The maximum Gasteiger partial charge on any atom is 0.293 e. The normalized spacial score (nSPS) is 10.5. The highest BCUT2D eigenvalue weighted by Crippen LogP contribution is 2.27. The number of nitrogens with two attached hydrogens (primary N) is 1. The lowest BCUT2D eigenvalue weighted by molar-refractivity contribution is -0.384. The Hall–Kier alpha value is -2.48. The molecule has 100 valence electrons. The fraction of sp³-hybridized carbons (Fsp3) is 0.273. The highest BCUT2D eigenvalue weighted by molar-refractivity contribution is 5.65. The Kier molecular flexibility index (Phi) is 3.43. The van der Waals surface area contributed by atoms with E-state index >= 15 is 0 Å². The lowest BCUT2D eigenvalue weighted by atomic mass is 10.1. The van der Waals surface area contributed by atoms with Crippen molar-refractivity contribution in [1.82, 2.24) is 14.8 Å². The molecule has 0 saturated carbocycles. The van der Waals surface area contributed by atoms with E-state index in [0.29, 0.717) is 23.6 Å². The van der Waals surface area contributed by atoms with Crippen molar-refractivity contribution in [2.45, 2.75) is 20.4 Å². The molecule has 2 aromatic rings. The van der Waals surface area contributed by atoms with Gasteiger partial charge in [-0.2, -0.15) is 5.10 Å². The van der Waals surface area contributed by atoms with Gasteiger partial charge in [0, 0.05) is 11.6 Å². The van der Waals surface area contributed by atoms with Gasteiger partial charge >= 0.3 is 0 Å². The molecule has 1 heterocycles. The first-order valence-electron chi connectivity index (χ1n) is 5.64. The first kappa shape index (κ1) is 13.0. The molecular weight excluding hydrogens is 248 g/mol. The molecule has 0 amide bonds. The molecule has 0 fully saturated rings. The van der Waals surface area contributed by atoms with Crippen LogP contribution in [0.1, 0.15) is 17.2 Å². The molecule has 0 aliphatic rings. The summed E-state index contributed by atoms with van der Waals surface area (Å²) < 4.78 is 1.68. The monoisotopic (exact) mass is 262 g/mol. The molecular formula is C11H14N6O2. The Labute approximate surface area is 109 Å². The minimum absolute atomic E-state index is 0.0607. The molecule has 1 aromatic carbocycles. The van der Waals surface area contributed by atoms with Crippen LogP contribution in [0.2, 0.25) is 0 Å². The van der Waals surface area contributed by atoms with E-state index < -0.39 is 4.92 Å². The van der Waals surface area contributed by atoms with Gasteiger partial charge in [-0.15, -0.1) is 0 Å². The molecule has 1 aromatic heterocycles. The number of nitrogens with one attached hydrogen (secondary N) is 1. The van der Waals surface area contributed by atoms with Crippen molar-refractivity contribution in [3.8, 4) is 0 Å². The van der Waals surface area contributed by atoms with Crippen molar-refractivity contribution >= 4 is 11.4 Å². The highest BCUT2D eigenvalue weighted by Gasteiger charge is 2.17. The Balaban J connectivity index is 2.43. The van der Waals surface area contributed by atoms with Crippen LogP contribution in [-0.4, -0.2) is 19.7 Å². The van der Waals surface area contributed by atoms with Gasteiger partial charge in [0.2, 0.25) is 0 Å². The van der Waals surface area contributed by atoms with Crippen LogP contribution in [0.5, 0.6) is 0 Å². The van der Waals surface area contributed by atoms with E-state index in [9.17, 15) is 10.1 Å². The van der Waals surface area contributed by atoms with Crippen molar-refractivity contribution in [2.75, 3.05) is 5.43 Å². The van der Waals surface area contributed by atoms with Crippen LogP contribution in [0.4, 0.5) is 11.4 Å². The first-order valence-corrected chi connectivity index (χ1v) is 5.64. The van der Waals surface area contributed by atoms with Gasteiger partial charge in [0.25, 0.3) is 5.69 Å². The Morgan fingerprint density at radius 1 is 1.47 bits per heavy atom. The molecule has 0 atom stereocenters. The van der Waals surface area contributed by atoms with Crippen molar-refractivity contribution < 1.29 is 4.92 Å². The van der Waals surface area contributed by atoms with E-state index in [1.165, 1.54) is 6.07 Å². The fourth-order valence-corrected chi connectivity index (χ4v) is 1.91. The number of hydrogen-bond donors (Lipinski definition) is 2. The zero-order chi connectivity index (χ0) is 14.0. The zero-order valence-electron chi connectivity index (χ0n) is 10.6. The van der Waals surface area contributed by atoms with Crippen LogP contribution in [0, 0.1) is 24.0 Å². The predicted molar refractivity (Wildman–Crippen MR) is 69.5 cm³/mol. The summed E-state index contributed by atoms with van der Waals surface area (Å²) >= 11 is 0. The van der Waals surface area contributed by atoms with E-state index in [1.807, 2.05) is 6.92 Å². The molecule has 0 spiro atoms. The van der Waals surface area contributed by atoms with E-state index in [4.69, 9.17) is 5.84 Å². The summed E-state index contributed by atoms with van der Waals surface area (Å²) in [5.74, 6) is 6.79. The number of anilines is 1. The molecule has 8 heteroatoms. The molecule has 0 saturated heterocycles. The summed E-state index contributed by atoms with van der Waals surface area (Å²) in [6.45, 7) is 3.99. The quantitative estimate of drug-likeness (QED) is 0.485. The van der Waals surface area contributed by atoms with Gasteiger partial charge in [-0.3, -0.25) is 16.0 Å². The summed E-state index contributed by atoms with van der Waals surface area (Å²) in [7, 11) is 0. The van der Waals surface area contributed by atoms with Gasteiger partial charge in [0.15, 0.2) is 0 Å². The third-order valence-corrected chi connectivity index (χ3v) is 2.75. The largest absolute Gasteiger partial charge is 0.318 e. The number of hydrogen-bond acceptors (Lipinski definition) is 6. The third-order valence-electron chi connectivity index (χ3n) is 2.75. The Morgan fingerprint density at radius 3 is 2.74 bits per heavy atom. The van der Waals surface area contributed by atoms with Gasteiger partial charge in [-0.05, 0) is 13.8 Å². The molecule has 0 radical (unpaired) electrons. The average molecular weight is 262 g/mol. The summed E-state index contributed by atoms with van der Waals surface area (Å²) in [6, 6.07) is 4.78. The second-order valence-electron chi connectivity index (χ2n) is 4.08. The number of nitrogens with zero attached hydrogens (tertiary/aromatic N) is 4. The molecule has 0 unspecified atom stereocenters. The van der Waals surface area contributed by atoms with E-state index in [2.05, 4.69) is 15.5 Å². The molecule has 19 heavy (non-hydrogen) atoms. The van der Waals surface area contributed by atoms with Gasteiger partial charge in [-0.25, -0.2) is 9.67 Å². The fourth-order valence-electron chi connectivity index (χ4n) is 1.91. The predicted octanol–water partition coefficient (Wildman–Crippen LogP) is 1.14. The topological polar surface area (TPSA) is 112 Å². The smallest absolute Gasteiger partial charge is 0.293 e. The molecule has 0 aliphatic heterocycles. The number of para-hydroxylation sites is 1. The van der Waals surface area contributed by atoms with E-state index in [1.54, 1.807) is 23.7 Å². The van der Waals surface area contributed by atoms with Gasteiger partial charge in [-0.1, -0.05) is 12.1 Å². The van der Waals surface area contributed by atoms with Crippen molar-refractivity contribution in [3.63, 3.8) is 0 Å². The molecule has 0 aliphatic carbocycles. The summed E-state index contributed by atoms with van der Waals surface area (Å²) in [5.41, 5.74) is 3.30. The van der Waals surface area contributed by atoms with Crippen LogP contribution < -0.4 is 11.3 Å². The summed E-state index contributed by atoms with van der Waals surface area (Å²) in [5, 5.41) is 15.2. The Morgan fingerprint density at radius 2 is 2.21 bits per heavy atom. The molecule has 2 rings (SSSR count). The number of rotatable bonds is 4. The minimum Gasteiger partial charge on any atom is -0.318 e. The SMILES string of the molecule is Cc1nc(C)n(Cc2cccc([N+](=O)[O-])c2NN)n1. The number of aryl methyl sites for hydroxylation is 2. The zero-order valence-corrected chi connectivity index (χ0v) is 10.6. The number of aromatic nitrogens is 3. The van der Waals surface area contributed by atoms with Crippen LogP contribution in [0.15, 0.2) is 18.2 Å². The van der Waals surface area contributed by atoms with Gasteiger partial charge < -0.3 is 5.43 Å². The number of nitro groups is 1. The standard InChI is InChI=1S/C11H14N6O2/c1-7-13-8(2)16(15-7)6-9-4-3-5-10(17(18)19)11(9)14-12/h3-5,14H,6,12H2,1-2H3. The van der Waals surface area contributed by atoms with E-state index in [-0.39, 0.29) is 5.69 Å². The van der Waals surface area contributed by atoms with Crippen molar-refractivity contribution in [3.05, 3.63) is 45.5 Å². The van der Waals surface area contributed by atoms with Crippen LogP contribution >= 0.6 is 0 Å². The second-order valence-corrected chi connectivity index (χ2v) is 4.08. The molecule has 3 N–H and O–H groups in total. The molecule has 0 bridgehead atoms. The first-order chi connectivity index (χ1) is 9.02. The summed E-state index contributed by atoms with van der Waals surface area (Å²) in [6.07, 6.45) is 0. The summed E-state index contributed by atoms with van der Waals surface area (Å²) in [4.78, 5) is 14.6. The number of nitro benzene ring substituents is 1. The number of nitrogen functional groups attached to an aromatic ring is 1. The molecule has 8 nitrogen and oxygen atoms in total. The van der Waals surface area contributed by atoms with Crippen molar-refractivity contribution in [1.29, 1.82) is 0 Å². The second kappa shape index (κ2) is 5.02. The average Bonchev–Trinajstić information content (AvgIpc) is 2.67. The van der Waals surface area contributed by atoms with Crippen LogP contribution in [-0.2, 0) is 6.54 Å². The van der Waals surface area contributed by atoms with Gasteiger partial charge in [0.05, 0.1) is 11.5 Å². The maximum absolute atomic E-state index is 10.9. The van der Waals surface area contributed by atoms with Crippen LogP contribution in [0.25, 0.3) is 0 Å². The highest BCUT2D eigenvalue weighted by atomic mass is 16.6. The lowest BCUT2D eigenvalue weighted by Gasteiger charge is -2.09. The number of hydrazine groups is 1. The Bertz CT molecular complexity index is 622. The lowest BCUT2D eigenvalue weighted by Crippen LogP contribution is -2.14. The van der Waals surface area contributed by atoms with Crippen molar-refractivity contribution in [2.24, 2.45) is 5.84 Å². The van der Waals surface area contributed by atoms with Crippen LogP contribution in [0.3, 0.4) is 0 Å². The van der Waals surface area contributed by atoms with E-state index in [0.717, 1.165) is 5.82 Å². The maximum atomic E-state index is 10.9. The van der Waals surface area contributed by atoms with Gasteiger partial charge in [0.1, 0.15) is 17.3 Å². The number of benzene rings is 1. The minimum atomic E-state index is -0.474.